The van der Waals surface area contributed by atoms with E-state index in [0.29, 0.717) is 11.5 Å². The summed E-state index contributed by atoms with van der Waals surface area (Å²) in [6, 6.07) is 14.7. The minimum absolute atomic E-state index is 0.0259. The quantitative estimate of drug-likeness (QED) is 0.747. The molecule has 0 aliphatic rings. The Morgan fingerprint density at radius 3 is 2.35 bits per heavy atom. The van der Waals surface area contributed by atoms with E-state index in [9.17, 15) is 9.59 Å². The van der Waals surface area contributed by atoms with Gasteiger partial charge in [0.15, 0.2) is 0 Å². The van der Waals surface area contributed by atoms with Crippen LogP contribution < -0.4 is 20.1 Å². The maximum atomic E-state index is 12.0. The van der Waals surface area contributed by atoms with Crippen LogP contribution in [0.1, 0.15) is 25.0 Å². The first-order chi connectivity index (χ1) is 12.5. The molecule has 6 heteroatoms. The summed E-state index contributed by atoms with van der Waals surface area (Å²) < 4.78 is 10.8. The molecule has 26 heavy (non-hydrogen) atoms. The second-order valence-corrected chi connectivity index (χ2v) is 5.99. The summed E-state index contributed by atoms with van der Waals surface area (Å²) >= 11 is 0. The number of para-hydroxylation sites is 1. The van der Waals surface area contributed by atoms with Gasteiger partial charge in [-0.3, -0.25) is 9.59 Å². The summed E-state index contributed by atoms with van der Waals surface area (Å²) in [5.74, 6) is 0.0184. The van der Waals surface area contributed by atoms with Crippen molar-refractivity contribution in [1.82, 2.24) is 10.6 Å². The van der Waals surface area contributed by atoms with Crippen LogP contribution >= 0.6 is 0 Å². The number of carbonyl (C=O) groups is 2. The van der Waals surface area contributed by atoms with Crippen molar-refractivity contribution in [2.75, 3.05) is 7.11 Å². The van der Waals surface area contributed by atoms with Gasteiger partial charge in [0.05, 0.1) is 13.2 Å². The summed E-state index contributed by atoms with van der Waals surface area (Å²) in [7, 11) is 1.58. The lowest BCUT2D eigenvalue weighted by Crippen LogP contribution is -2.39. The van der Waals surface area contributed by atoms with Gasteiger partial charge in [-0.1, -0.05) is 30.3 Å². The van der Waals surface area contributed by atoms with Crippen molar-refractivity contribution in [1.29, 1.82) is 0 Å². The number of hydrogen-bond acceptors (Lipinski definition) is 4. The van der Waals surface area contributed by atoms with Crippen LogP contribution in [0.3, 0.4) is 0 Å². The largest absolute Gasteiger partial charge is 0.497 e. The lowest BCUT2D eigenvalue weighted by Gasteiger charge is -2.14. The third kappa shape index (κ3) is 5.81. The fraction of sp³-hybridized carbons (Fsp3) is 0.300. The third-order valence-corrected chi connectivity index (χ3v) is 3.57. The second kappa shape index (κ2) is 9.46. The number of nitrogens with one attached hydrogen (secondary N) is 2. The molecule has 0 unspecified atom stereocenters. The number of carbonyl (C=O) groups excluding carboxylic acids is 2. The first-order valence-electron chi connectivity index (χ1n) is 8.43. The number of hydrogen-bond donors (Lipinski definition) is 2. The molecule has 0 fully saturated rings. The summed E-state index contributed by atoms with van der Waals surface area (Å²) in [6.45, 7) is 4.33. The lowest BCUT2D eigenvalue weighted by molar-refractivity contribution is -0.139. The van der Waals surface area contributed by atoms with Gasteiger partial charge in [-0.2, -0.15) is 0 Å². The Labute approximate surface area is 153 Å². The predicted octanol–water partition coefficient (Wildman–Crippen LogP) is 2.42. The van der Waals surface area contributed by atoms with Crippen LogP contribution in [0.25, 0.3) is 0 Å². The van der Waals surface area contributed by atoms with Gasteiger partial charge < -0.3 is 20.1 Å². The molecule has 138 valence electrons. The van der Waals surface area contributed by atoms with E-state index in [1.807, 2.05) is 56.3 Å². The standard InChI is InChI=1S/C20H24N2O4/c1-14(2)26-18-10-5-4-8-16(18)13-22-20(24)19(23)21-12-15-7-6-9-17(11-15)25-3/h4-11,14H,12-13H2,1-3H3,(H,21,23)(H,22,24). The maximum absolute atomic E-state index is 12.0. The number of benzene rings is 2. The van der Waals surface area contributed by atoms with Gasteiger partial charge in [-0.05, 0) is 37.6 Å². The Bertz CT molecular complexity index is 759. The van der Waals surface area contributed by atoms with E-state index in [4.69, 9.17) is 9.47 Å². The normalized spacial score (nSPS) is 10.3. The Kier molecular flexibility index (Phi) is 7.02. The van der Waals surface area contributed by atoms with Crippen LogP contribution in [0.15, 0.2) is 48.5 Å². The van der Waals surface area contributed by atoms with Gasteiger partial charge in [-0.15, -0.1) is 0 Å². The number of amides is 2. The Morgan fingerprint density at radius 1 is 0.962 bits per heavy atom. The molecule has 0 aromatic heterocycles. The van der Waals surface area contributed by atoms with E-state index in [1.54, 1.807) is 13.2 Å². The van der Waals surface area contributed by atoms with Crippen LogP contribution in [0.4, 0.5) is 0 Å². The lowest BCUT2D eigenvalue weighted by atomic mass is 10.2. The molecule has 6 nitrogen and oxygen atoms in total. The molecule has 0 radical (unpaired) electrons. The molecule has 0 aliphatic carbocycles. The summed E-state index contributed by atoms with van der Waals surface area (Å²) in [6.07, 6.45) is 0.0259. The first kappa shape index (κ1) is 19.3. The van der Waals surface area contributed by atoms with E-state index in [-0.39, 0.29) is 19.2 Å². The molecule has 0 saturated heterocycles. The SMILES string of the molecule is COc1cccc(CNC(=O)C(=O)NCc2ccccc2OC(C)C)c1. The van der Waals surface area contributed by atoms with E-state index in [1.165, 1.54) is 0 Å². The third-order valence-electron chi connectivity index (χ3n) is 3.57. The number of ether oxygens (including phenoxy) is 2. The van der Waals surface area contributed by atoms with E-state index in [2.05, 4.69) is 10.6 Å². The van der Waals surface area contributed by atoms with Crippen molar-refractivity contribution in [3.05, 3.63) is 59.7 Å². The van der Waals surface area contributed by atoms with Gasteiger partial charge in [-0.25, -0.2) is 0 Å². The molecule has 2 aromatic rings. The van der Waals surface area contributed by atoms with Crippen molar-refractivity contribution >= 4 is 11.8 Å². The molecule has 2 N–H and O–H groups in total. The monoisotopic (exact) mass is 356 g/mol. The highest BCUT2D eigenvalue weighted by atomic mass is 16.5. The van der Waals surface area contributed by atoms with Crippen molar-refractivity contribution in [3.8, 4) is 11.5 Å². The summed E-state index contributed by atoms with van der Waals surface area (Å²) in [5, 5.41) is 5.21. The summed E-state index contributed by atoms with van der Waals surface area (Å²) in [4.78, 5) is 24.0. The Hall–Kier alpha value is -3.02. The zero-order valence-electron chi connectivity index (χ0n) is 15.2. The van der Waals surface area contributed by atoms with Crippen LogP contribution in [0, 0.1) is 0 Å². The molecule has 0 heterocycles. The molecule has 0 aliphatic heterocycles. The van der Waals surface area contributed by atoms with E-state index in [0.717, 1.165) is 11.1 Å². The van der Waals surface area contributed by atoms with Gasteiger partial charge in [0.1, 0.15) is 11.5 Å². The fourth-order valence-electron chi connectivity index (χ4n) is 2.32. The van der Waals surface area contributed by atoms with Crippen LogP contribution in [0.2, 0.25) is 0 Å². The fourth-order valence-corrected chi connectivity index (χ4v) is 2.32. The predicted molar refractivity (Wildman–Crippen MR) is 98.9 cm³/mol. The zero-order chi connectivity index (χ0) is 18.9. The van der Waals surface area contributed by atoms with Crippen molar-refractivity contribution < 1.29 is 19.1 Å². The second-order valence-electron chi connectivity index (χ2n) is 5.99. The highest BCUT2D eigenvalue weighted by Crippen LogP contribution is 2.19. The summed E-state index contributed by atoms with van der Waals surface area (Å²) in [5.41, 5.74) is 1.66. The van der Waals surface area contributed by atoms with Crippen LogP contribution in [-0.2, 0) is 22.7 Å². The molecule has 2 aromatic carbocycles. The molecule has 2 amide bonds. The highest BCUT2D eigenvalue weighted by Gasteiger charge is 2.14. The molecule has 0 saturated carbocycles. The molecule has 2 rings (SSSR count). The van der Waals surface area contributed by atoms with Gasteiger partial charge >= 0.3 is 11.8 Å². The average Bonchev–Trinajstić information content (AvgIpc) is 2.64. The van der Waals surface area contributed by atoms with Gasteiger partial charge in [0.2, 0.25) is 0 Å². The first-order valence-corrected chi connectivity index (χ1v) is 8.43. The van der Waals surface area contributed by atoms with Gasteiger partial charge in [0, 0.05) is 18.7 Å². The topological polar surface area (TPSA) is 76.7 Å². The minimum Gasteiger partial charge on any atom is -0.497 e. The van der Waals surface area contributed by atoms with E-state index >= 15 is 0 Å². The van der Waals surface area contributed by atoms with E-state index < -0.39 is 11.8 Å². The molecular weight excluding hydrogens is 332 g/mol. The van der Waals surface area contributed by atoms with Gasteiger partial charge in [0.25, 0.3) is 0 Å². The number of rotatable bonds is 7. The molecule has 0 atom stereocenters. The van der Waals surface area contributed by atoms with Crippen molar-refractivity contribution in [2.45, 2.75) is 33.0 Å². The van der Waals surface area contributed by atoms with Crippen molar-refractivity contribution in [2.24, 2.45) is 0 Å². The van der Waals surface area contributed by atoms with Crippen LogP contribution in [-0.4, -0.2) is 25.0 Å². The number of methoxy groups -OCH3 is 1. The highest BCUT2D eigenvalue weighted by molar-refractivity contribution is 6.35. The Morgan fingerprint density at radius 2 is 1.65 bits per heavy atom. The zero-order valence-corrected chi connectivity index (χ0v) is 15.2. The smallest absolute Gasteiger partial charge is 0.309 e. The molecular formula is C20H24N2O4. The molecule has 0 spiro atoms. The minimum atomic E-state index is -0.688. The molecule has 0 bridgehead atoms. The maximum Gasteiger partial charge on any atom is 0.309 e. The Balaban J connectivity index is 1.86. The average molecular weight is 356 g/mol. The van der Waals surface area contributed by atoms with Crippen molar-refractivity contribution in [3.63, 3.8) is 0 Å². The van der Waals surface area contributed by atoms with Crippen LogP contribution in [0.5, 0.6) is 11.5 Å².